The van der Waals surface area contributed by atoms with Gasteiger partial charge in [-0.15, -0.1) is 0 Å². The maximum absolute atomic E-state index is 11.4. The fraction of sp³-hybridized carbons (Fsp3) is 0.727. The molecular formula is C11H21NO2. The smallest absolute Gasteiger partial charge is 0.414 e. The third-order valence-corrected chi connectivity index (χ3v) is 2.30. The van der Waals surface area contributed by atoms with Gasteiger partial charge >= 0.3 is 6.09 Å². The van der Waals surface area contributed by atoms with Gasteiger partial charge in [0.15, 0.2) is 0 Å². The van der Waals surface area contributed by atoms with E-state index in [1.54, 1.807) is 11.8 Å². The molecular weight excluding hydrogens is 178 g/mol. The standard InChI is InChI=1S/C10H17NO2.CH4/c1-8(2)13-10(12)11-6-4-9(3)5-7-11;/h9H,1,4-7H2,2-3H3;1H4. The van der Waals surface area contributed by atoms with Crippen molar-refractivity contribution in [3.05, 3.63) is 12.3 Å². The minimum Gasteiger partial charge on any atom is -0.416 e. The molecule has 0 spiro atoms. The molecule has 0 bridgehead atoms. The van der Waals surface area contributed by atoms with Crippen LogP contribution in [-0.2, 0) is 4.74 Å². The van der Waals surface area contributed by atoms with Crippen molar-refractivity contribution in [2.75, 3.05) is 13.1 Å². The lowest BCUT2D eigenvalue weighted by Gasteiger charge is -2.29. The molecule has 0 unspecified atom stereocenters. The van der Waals surface area contributed by atoms with Crippen molar-refractivity contribution in [2.24, 2.45) is 5.92 Å². The zero-order valence-electron chi connectivity index (χ0n) is 8.38. The molecule has 0 atom stereocenters. The molecule has 0 aromatic heterocycles. The second-order valence-corrected chi connectivity index (χ2v) is 3.74. The van der Waals surface area contributed by atoms with Crippen LogP contribution in [0.4, 0.5) is 4.79 Å². The number of ether oxygens (including phenoxy) is 1. The van der Waals surface area contributed by atoms with Crippen LogP contribution >= 0.6 is 0 Å². The van der Waals surface area contributed by atoms with E-state index < -0.39 is 0 Å². The van der Waals surface area contributed by atoms with Crippen LogP contribution in [0.15, 0.2) is 12.3 Å². The highest BCUT2D eigenvalue weighted by Crippen LogP contribution is 2.16. The number of nitrogens with zero attached hydrogens (tertiary/aromatic N) is 1. The van der Waals surface area contributed by atoms with Gasteiger partial charge in [-0.2, -0.15) is 0 Å². The van der Waals surface area contributed by atoms with Crippen LogP contribution in [0.25, 0.3) is 0 Å². The van der Waals surface area contributed by atoms with E-state index in [-0.39, 0.29) is 13.5 Å². The number of amides is 1. The monoisotopic (exact) mass is 199 g/mol. The van der Waals surface area contributed by atoms with Crippen molar-refractivity contribution >= 4 is 6.09 Å². The minimum atomic E-state index is -0.251. The summed E-state index contributed by atoms with van der Waals surface area (Å²) in [4.78, 5) is 13.1. The highest BCUT2D eigenvalue weighted by molar-refractivity contribution is 5.68. The van der Waals surface area contributed by atoms with E-state index in [0.29, 0.717) is 5.76 Å². The Balaban J connectivity index is 0.00000169. The summed E-state index contributed by atoms with van der Waals surface area (Å²) in [5, 5.41) is 0. The number of carbonyl (C=O) groups is 1. The zero-order chi connectivity index (χ0) is 9.84. The lowest BCUT2D eigenvalue weighted by Crippen LogP contribution is -2.37. The summed E-state index contributed by atoms with van der Waals surface area (Å²) in [6.45, 7) is 9.06. The third kappa shape index (κ3) is 3.81. The molecule has 14 heavy (non-hydrogen) atoms. The number of allylic oxidation sites excluding steroid dienone is 1. The molecule has 0 saturated carbocycles. The summed E-state index contributed by atoms with van der Waals surface area (Å²) in [5.74, 6) is 1.19. The number of rotatable bonds is 1. The third-order valence-electron chi connectivity index (χ3n) is 2.30. The molecule has 0 aromatic carbocycles. The molecule has 3 nitrogen and oxygen atoms in total. The largest absolute Gasteiger partial charge is 0.416 e. The van der Waals surface area contributed by atoms with E-state index in [4.69, 9.17) is 4.74 Å². The average molecular weight is 199 g/mol. The predicted molar refractivity (Wildman–Crippen MR) is 58.0 cm³/mol. The van der Waals surface area contributed by atoms with Gasteiger partial charge in [0, 0.05) is 13.1 Å². The summed E-state index contributed by atoms with van der Waals surface area (Å²) in [6.07, 6.45) is 1.90. The number of hydrogen-bond donors (Lipinski definition) is 0. The minimum absolute atomic E-state index is 0. The van der Waals surface area contributed by atoms with Crippen LogP contribution in [0, 0.1) is 5.92 Å². The number of piperidine rings is 1. The first kappa shape index (κ1) is 13.0. The van der Waals surface area contributed by atoms with Gasteiger partial charge in [0.2, 0.25) is 0 Å². The Bertz CT molecular complexity index is 205. The van der Waals surface area contributed by atoms with Crippen molar-refractivity contribution in [3.63, 3.8) is 0 Å². The second-order valence-electron chi connectivity index (χ2n) is 3.74. The number of hydrogen-bond acceptors (Lipinski definition) is 2. The first-order valence-corrected chi connectivity index (χ1v) is 4.72. The summed E-state index contributed by atoms with van der Waals surface area (Å²) >= 11 is 0. The Labute approximate surface area is 86.7 Å². The molecule has 1 aliphatic heterocycles. The number of carbonyl (C=O) groups excluding carboxylic acids is 1. The maximum Gasteiger partial charge on any atom is 0.414 e. The van der Waals surface area contributed by atoms with E-state index in [2.05, 4.69) is 13.5 Å². The first-order chi connectivity index (χ1) is 6.09. The Morgan fingerprint density at radius 3 is 2.36 bits per heavy atom. The highest BCUT2D eigenvalue weighted by atomic mass is 16.6. The van der Waals surface area contributed by atoms with Crippen molar-refractivity contribution in [1.29, 1.82) is 0 Å². The fourth-order valence-electron chi connectivity index (χ4n) is 1.40. The molecule has 82 valence electrons. The highest BCUT2D eigenvalue weighted by Gasteiger charge is 2.21. The van der Waals surface area contributed by atoms with Crippen LogP contribution in [0.1, 0.15) is 34.1 Å². The fourth-order valence-corrected chi connectivity index (χ4v) is 1.40. The Kier molecular flexibility index (Phi) is 5.28. The summed E-state index contributed by atoms with van der Waals surface area (Å²) in [6, 6.07) is 0. The first-order valence-electron chi connectivity index (χ1n) is 4.72. The predicted octanol–water partition coefficient (Wildman–Crippen LogP) is 3.02. The van der Waals surface area contributed by atoms with E-state index >= 15 is 0 Å². The molecule has 0 aromatic rings. The molecule has 1 saturated heterocycles. The Hall–Kier alpha value is -0.990. The van der Waals surface area contributed by atoms with Gasteiger partial charge in [0.25, 0.3) is 0 Å². The van der Waals surface area contributed by atoms with Gasteiger partial charge in [0.1, 0.15) is 0 Å². The molecule has 1 amide bonds. The maximum atomic E-state index is 11.4. The molecule has 0 radical (unpaired) electrons. The average Bonchev–Trinajstić information content (AvgIpc) is 2.04. The van der Waals surface area contributed by atoms with Crippen molar-refractivity contribution in [3.8, 4) is 0 Å². The Morgan fingerprint density at radius 1 is 1.43 bits per heavy atom. The van der Waals surface area contributed by atoms with Gasteiger partial charge in [-0.3, -0.25) is 0 Å². The van der Waals surface area contributed by atoms with Crippen molar-refractivity contribution in [2.45, 2.75) is 34.1 Å². The van der Waals surface area contributed by atoms with Crippen LogP contribution in [0.5, 0.6) is 0 Å². The van der Waals surface area contributed by atoms with E-state index in [1.165, 1.54) is 0 Å². The topological polar surface area (TPSA) is 29.5 Å². The summed E-state index contributed by atoms with van der Waals surface area (Å²) in [7, 11) is 0. The van der Waals surface area contributed by atoms with Gasteiger partial charge in [0.05, 0.1) is 5.76 Å². The Morgan fingerprint density at radius 2 is 1.93 bits per heavy atom. The van der Waals surface area contributed by atoms with E-state index in [0.717, 1.165) is 31.8 Å². The van der Waals surface area contributed by atoms with Crippen molar-refractivity contribution in [1.82, 2.24) is 4.90 Å². The molecule has 3 heteroatoms. The quantitative estimate of drug-likeness (QED) is 0.607. The van der Waals surface area contributed by atoms with E-state index in [9.17, 15) is 4.79 Å². The van der Waals surface area contributed by atoms with Crippen molar-refractivity contribution < 1.29 is 9.53 Å². The molecule has 0 aliphatic carbocycles. The van der Waals surface area contributed by atoms with Crippen LogP contribution in [0.3, 0.4) is 0 Å². The molecule has 1 fully saturated rings. The van der Waals surface area contributed by atoms with Crippen LogP contribution in [0.2, 0.25) is 0 Å². The second kappa shape index (κ2) is 5.68. The van der Waals surface area contributed by atoms with Crippen LogP contribution < -0.4 is 0 Å². The molecule has 0 N–H and O–H groups in total. The molecule has 1 aliphatic rings. The number of likely N-dealkylation sites (tertiary alicyclic amines) is 1. The SMILES string of the molecule is C.C=C(C)OC(=O)N1CCC(C)CC1. The summed E-state index contributed by atoms with van der Waals surface area (Å²) < 4.78 is 4.92. The lowest BCUT2D eigenvalue weighted by molar-refractivity contribution is 0.113. The van der Waals surface area contributed by atoms with Gasteiger partial charge in [-0.1, -0.05) is 20.9 Å². The molecule has 1 rings (SSSR count). The molecule has 1 heterocycles. The van der Waals surface area contributed by atoms with Crippen LogP contribution in [-0.4, -0.2) is 24.1 Å². The zero-order valence-corrected chi connectivity index (χ0v) is 8.38. The van der Waals surface area contributed by atoms with Gasteiger partial charge in [-0.25, -0.2) is 4.79 Å². The summed E-state index contributed by atoms with van der Waals surface area (Å²) in [5.41, 5.74) is 0. The van der Waals surface area contributed by atoms with Gasteiger partial charge < -0.3 is 9.64 Å². The van der Waals surface area contributed by atoms with Gasteiger partial charge in [-0.05, 0) is 25.7 Å². The normalized spacial score (nSPS) is 17.1. The lowest BCUT2D eigenvalue weighted by atomic mass is 10.00. The van der Waals surface area contributed by atoms with E-state index in [1.807, 2.05) is 0 Å².